The molecule has 1 saturated heterocycles. The number of amides is 1. The van der Waals surface area contributed by atoms with E-state index in [2.05, 4.69) is 29.3 Å². The van der Waals surface area contributed by atoms with Crippen LogP contribution in [-0.4, -0.2) is 56.0 Å². The van der Waals surface area contributed by atoms with E-state index in [0.717, 1.165) is 37.7 Å². The number of carbonyl (C=O) groups is 1. The molecule has 0 aliphatic carbocycles. The summed E-state index contributed by atoms with van der Waals surface area (Å²) in [7, 11) is 3.57. The van der Waals surface area contributed by atoms with Crippen molar-refractivity contribution in [2.45, 2.75) is 26.3 Å². The molecule has 1 aliphatic rings. The molecule has 0 radical (unpaired) electrons. The second kappa shape index (κ2) is 8.30. The number of hydrogen-bond acceptors (Lipinski definition) is 3. The summed E-state index contributed by atoms with van der Waals surface area (Å²) in [5.41, 5.74) is 2.04. The fourth-order valence-corrected chi connectivity index (χ4v) is 3.02. The first kappa shape index (κ1) is 17.0. The van der Waals surface area contributed by atoms with Gasteiger partial charge in [-0.3, -0.25) is 9.69 Å². The van der Waals surface area contributed by atoms with E-state index in [0.29, 0.717) is 0 Å². The maximum atomic E-state index is 11.9. The SMILES string of the molecule is CCN(Cc1ccc(C(=O)N(C)C)cc1)CC1CCCNC1. The molecule has 4 nitrogen and oxygen atoms in total. The summed E-state index contributed by atoms with van der Waals surface area (Å²) < 4.78 is 0. The molecule has 1 unspecified atom stereocenters. The minimum absolute atomic E-state index is 0.0622. The van der Waals surface area contributed by atoms with Gasteiger partial charge in [-0.05, 0) is 56.1 Å². The minimum Gasteiger partial charge on any atom is -0.345 e. The molecule has 0 bridgehead atoms. The van der Waals surface area contributed by atoms with Crippen LogP contribution in [-0.2, 0) is 6.54 Å². The van der Waals surface area contributed by atoms with Crippen LogP contribution in [0.4, 0.5) is 0 Å². The van der Waals surface area contributed by atoms with Gasteiger partial charge in [0.1, 0.15) is 0 Å². The molecule has 0 aromatic heterocycles. The van der Waals surface area contributed by atoms with Crippen LogP contribution >= 0.6 is 0 Å². The van der Waals surface area contributed by atoms with Gasteiger partial charge in [0, 0.05) is 32.7 Å². The summed E-state index contributed by atoms with van der Waals surface area (Å²) in [6.45, 7) is 7.72. The molecule has 1 aromatic rings. The monoisotopic (exact) mass is 303 g/mol. The Morgan fingerprint density at radius 2 is 2.00 bits per heavy atom. The van der Waals surface area contributed by atoms with E-state index in [1.165, 1.54) is 24.9 Å². The second-order valence-electron chi connectivity index (χ2n) is 6.44. The van der Waals surface area contributed by atoms with Crippen molar-refractivity contribution in [1.82, 2.24) is 15.1 Å². The number of rotatable bonds is 6. The Hall–Kier alpha value is -1.39. The van der Waals surface area contributed by atoms with Crippen LogP contribution < -0.4 is 5.32 Å². The molecule has 1 aliphatic heterocycles. The zero-order chi connectivity index (χ0) is 15.9. The Balaban J connectivity index is 1.91. The zero-order valence-corrected chi connectivity index (χ0v) is 14.1. The van der Waals surface area contributed by atoms with Crippen molar-refractivity contribution in [2.75, 3.05) is 40.3 Å². The molecular formula is C18H29N3O. The van der Waals surface area contributed by atoms with Crippen molar-refractivity contribution >= 4 is 5.91 Å². The highest BCUT2D eigenvalue weighted by atomic mass is 16.2. The van der Waals surface area contributed by atoms with Crippen LogP contribution in [0.5, 0.6) is 0 Å². The third-order valence-corrected chi connectivity index (χ3v) is 4.38. The van der Waals surface area contributed by atoms with Gasteiger partial charge >= 0.3 is 0 Å². The van der Waals surface area contributed by atoms with Crippen molar-refractivity contribution in [2.24, 2.45) is 5.92 Å². The molecule has 1 heterocycles. The fourth-order valence-electron chi connectivity index (χ4n) is 3.02. The molecular weight excluding hydrogens is 274 g/mol. The van der Waals surface area contributed by atoms with Gasteiger partial charge in [-0.15, -0.1) is 0 Å². The summed E-state index contributed by atoms with van der Waals surface area (Å²) in [5.74, 6) is 0.829. The molecule has 0 saturated carbocycles. The quantitative estimate of drug-likeness (QED) is 0.875. The summed E-state index contributed by atoms with van der Waals surface area (Å²) >= 11 is 0. The van der Waals surface area contributed by atoms with Crippen molar-refractivity contribution in [3.8, 4) is 0 Å². The van der Waals surface area contributed by atoms with E-state index in [9.17, 15) is 4.79 Å². The Labute approximate surface area is 134 Å². The molecule has 122 valence electrons. The van der Waals surface area contributed by atoms with Crippen LogP contribution in [0.15, 0.2) is 24.3 Å². The fraction of sp³-hybridized carbons (Fsp3) is 0.611. The number of piperidine rings is 1. The van der Waals surface area contributed by atoms with Crippen molar-refractivity contribution in [3.63, 3.8) is 0 Å². The van der Waals surface area contributed by atoms with Crippen LogP contribution in [0.25, 0.3) is 0 Å². The maximum Gasteiger partial charge on any atom is 0.253 e. The summed E-state index contributed by atoms with van der Waals surface area (Å²) in [6.07, 6.45) is 2.63. The van der Waals surface area contributed by atoms with Gasteiger partial charge in [0.25, 0.3) is 5.91 Å². The summed E-state index contributed by atoms with van der Waals surface area (Å²) in [4.78, 5) is 16.0. The lowest BCUT2D eigenvalue weighted by Crippen LogP contribution is -2.38. The van der Waals surface area contributed by atoms with Gasteiger partial charge in [0.2, 0.25) is 0 Å². The predicted molar refractivity (Wildman–Crippen MR) is 91.0 cm³/mol. The smallest absolute Gasteiger partial charge is 0.253 e. The van der Waals surface area contributed by atoms with Crippen molar-refractivity contribution < 1.29 is 4.79 Å². The van der Waals surface area contributed by atoms with Gasteiger partial charge in [-0.2, -0.15) is 0 Å². The molecule has 1 aromatic carbocycles. The first-order valence-corrected chi connectivity index (χ1v) is 8.33. The van der Waals surface area contributed by atoms with Crippen LogP contribution in [0, 0.1) is 5.92 Å². The van der Waals surface area contributed by atoms with E-state index in [1.807, 2.05) is 12.1 Å². The number of nitrogens with zero attached hydrogens (tertiary/aromatic N) is 2. The highest BCUT2D eigenvalue weighted by Gasteiger charge is 2.16. The van der Waals surface area contributed by atoms with Gasteiger partial charge in [0.15, 0.2) is 0 Å². The molecule has 1 amide bonds. The van der Waals surface area contributed by atoms with E-state index >= 15 is 0 Å². The topological polar surface area (TPSA) is 35.6 Å². The van der Waals surface area contributed by atoms with Crippen molar-refractivity contribution in [3.05, 3.63) is 35.4 Å². The third kappa shape index (κ3) is 4.82. The average Bonchev–Trinajstić information content (AvgIpc) is 2.55. The molecule has 1 atom stereocenters. The second-order valence-corrected chi connectivity index (χ2v) is 6.44. The van der Waals surface area contributed by atoms with Crippen LogP contribution in [0.1, 0.15) is 35.7 Å². The summed E-state index contributed by atoms with van der Waals surface area (Å²) in [5, 5.41) is 3.49. The Morgan fingerprint density at radius 3 is 2.55 bits per heavy atom. The standard InChI is InChI=1S/C18H29N3O/c1-4-21(14-16-6-5-11-19-12-16)13-15-7-9-17(10-8-15)18(22)20(2)3/h7-10,16,19H,4-6,11-14H2,1-3H3. The Morgan fingerprint density at radius 1 is 1.27 bits per heavy atom. The Bertz CT molecular complexity index is 464. The number of carbonyl (C=O) groups excluding carboxylic acids is 1. The highest BCUT2D eigenvalue weighted by Crippen LogP contribution is 2.14. The predicted octanol–water partition coefficient (Wildman–Crippen LogP) is 2.21. The highest BCUT2D eigenvalue weighted by molar-refractivity contribution is 5.93. The number of benzene rings is 1. The van der Waals surface area contributed by atoms with Gasteiger partial charge in [-0.1, -0.05) is 19.1 Å². The van der Waals surface area contributed by atoms with Gasteiger partial charge < -0.3 is 10.2 Å². The molecule has 1 N–H and O–H groups in total. The van der Waals surface area contributed by atoms with E-state index in [4.69, 9.17) is 0 Å². The average molecular weight is 303 g/mol. The minimum atomic E-state index is 0.0622. The van der Waals surface area contributed by atoms with E-state index in [1.54, 1.807) is 19.0 Å². The first-order chi connectivity index (χ1) is 10.6. The van der Waals surface area contributed by atoms with Crippen LogP contribution in [0.3, 0.4) is 0 Å². The Kier molecular flexibility index (Phi) is 6.40. The van der Waals surface area contributed by atoms with E-state index in [-0.39, 0.29) is 5.91 Å². The molecule has 22 heavy (non-hydrogen) atoms. The first-order valence-electron chi connectivity index (χ1n) is 8.33. The lowest BCUT2D eigenvalue weighted by molar-refractivity contribution is 0.0827. The maximum absolute atomic E-state index is 11.9. The van der Waals surface area contributed by atoms with Gasteiger partial charge in [-0.25, -0.2) is 0 Å². The van der Waals surface area contributed by atoms with E-state index < -0.39 is 0 Å². The van der Waals surface area contributed by atoms with Crippen molar-refractivity contribution in [1.29, 1.82) is 0 Å². The molecule has 2 rings (SSSR count). The molecule has 1 fully saturated rings. The van der Waals surface area contributed by atoms with Gasteiger partial charge in [0.05, 0.1) is 0 Å². The zero-order valence-electron chi connectivity index (χ0n) is 14.1. The lowest BCUT2D eigenvalue weighted by atomic mass is 9.99. The lowest BCUT2D eigenvalue weighted by Gasteiger charge is -2.29. The molecule has 4 heteroatoms. The molecule has 0 spiro atoms. The number of nitrogens with one attached hydrogen (secondary N) is 1. The number of hydrogen-bond donors (Lipinski definition) is 1. The largest absolute Gasteiger partial charge is 0.345 e. The van der Waals surface area contributed by atoms with Crippen LogP contribution in [0.2, 0.25) is 0 Å². The summed E-state index contributed by atoms with van der Waals surface area (Å²) in [6, 6.07) is 8.04. The third-order valence-electron chi connectivity index (χ3n) is 4.38. The normalized spacial score (nSPS) is 18.5.